The minimum absolute atomic E-state index is 0.0540. The minimum atomic E-state index is -3.89. The normalized spacial score (nSPS) is 15.9. The average molecular weight is 370 g/mol. The van der Waals surface area contributed by atoms with Gasteiger partial charge in [-0.2, -0.15) is 0 Å². The van der Waals surface area contributed by atoms with Crippen LogP contribution in [0.3, 0.4) is 0 Å². The summed E-state index contributed by atoms with van der Waals surface area (Å²) >= 11 is 11.9. The second-order valence-corrected chi connectivity index (χ2v) is 7.96. The molecule has 2 aromatic carbocycles. The van der Waals surface area contributed by atoms with Gasteiger partial charge in [-0.1, -0.05) is 47.5 Å². The minimum Gasteiger partial charge on any atom is -0.273 e. The van der Waals surface area contributed by atoms with Crippen molar-refractivity contribution in [2.24, 2.45) is 0 Å². The van der Waals surface area contributed by atoms with Crippen molar-refractivity contribution >= 4 is 39.1 Å². The van der Waals surface area contributed by atoms with Crippen LogP contribution < -0.4 is 4.72 Å². The fourth-order valence-electron chi connectivity index (χ4n) is 2.44. The highest BCUT2D eigenvalue weighted by Gasteiger charge is 2.52. The van der Waals surface area contributed by atoms with Gasteiger partial charge in [0, 0.05) is 0 Å². The number of rotatable bonds is 4. The van der Waals surface area contributed by atoms with E-state index in [9.17, 15) is 13.2 Å². The van der Waals surface area contributed by atoms with E-state index < -0.39 is 21.3 Å². The van der Waals surface area contributed by atoms with Crippen molar-refractivity contribution in [3.05, 3.63) is 64.1 Å². The maximum absolute atomic E-state index is 12.5. The molecule has 0 radical (unpaired) electrons. The van der Waals surface area contributed by atoms with Crippen LogP contribution in [0.2, 0.25) is 10.0 Å². The van der Waals surface area contributed by atoms with Gasteiger partial charge in [0.1, 0.15) is 0 Å². The topological polar surface area (TPSA) is 63.2 Å². The zero-order valence-corrected chi connectivity index (χ0v) is 14.3. The molecule has 3 rings (SSSR count). The second kappa shape index (κ2) is 5.82. The predicted octanol–water partition coefficient (Wildman–Crippen LogP) is 3.53. The Bertz CT molecular complexity index is 862. The molecule has 0 bridgehead atoms. The highest BCUT2D eigenvalue weighted by Crippen LogP contribution is 2.49. The van der Waals surface area contributed by atoms with Crippen LogP contribution in [0.5, 0.6) is 0 Å². The highest BCUT2D eigenvalue weighted by molar-refractivity contribution is 7.90. The molecule has 1 amide bonds. The molecule has 0 aromatic heterocycles. The van der Waals surface area contributed by atoms with E-state index in [0.717, 1.165) is 0 Å². The van der Waals surface area contributed by atoms with E-state index in [0.29, 0.717) is 28.5 Å². The van der Waals surface area contributed by atoms with Crippen molar-refractivity contribution in [1.29, 1.82) is 0 Å². The van der Waals surface area contributed by atoms with Crippen LogP contribution in [0.15, 0.2) is 53.4 Å². The zero-order valence-electron chi connectivity index (χ0n) is 11.9. The fraction of sp³-hybridized carbons (Fsp3) is 0.188. The van der Waals surface area contributed by atoms with Crippen LogP contribution in [-0.4, -0.2) is 14.3 Å². The lowest BCUT2D eigenvalue weighted by atomic mass is 9.95. The van der Waals surface area contributed by atoms with Gasteiger partial charge in [0.25, 0.3) is 10.0 Å². The first kappa shape index (κ1) is 16.3. The lowest BCUT2D eigenvalue weighted by Gasteiger charge is -2.16. The molecule has 0 aliphatic heterocycles. The summed E-state index contributed by atoms with van der Waals surface area (Å²) in [6, 6.07) is 12.7. The Hall–Kier alpha value is -1.56. The molecule has 1 fully saturated rings. The number of carbonyl (C=O) groups excluding carboxylic acids is 1. The van der Waals surface area contributed by atoms with Gasteiger partial charge in [-0.3, -0.25) is 4.79 Å². The Morgan fingerprint density at radius 3 is 2.22 bits per heavy atom. The van der Waals surface area contributed by atoms with Gasteiger partial charge in [0.05, 0.1) is 20.4 Å². The van der Waals surface area contributed by atoms with Crippen molar-refractivity contribution in [3.8, 4) is 0 Å². The summed E-state index contributed by atoms with van der Waals surface area (Å²) in [4.78, 5) is 12.6. The third-order valence-electron chi connectivity index (χ3n) is 3.94. The maximum Gasteiger partial charge on any atom is 0.264 e. The smallest absolute Gasteiger partial charge is 0.264 e. The van der Waals surface area contributed by atoms with E-state index >= 15 is 0 Å². The molecular weight excluding hydrogens is 357 g/mol. The largest absolute Gasteiger partial charge is 0.273 e. The van der Waals surface area contributed by atoms with E-state index in [1.807, 2.05) is 0 Å². The molecule has 2 aromatic rings. The number of carbonyl (C=O) groups is 1. The molecule has 0 spiro atoms. The summed E-state index contributed by atoms with van der Waals surface area (Å²) in [6.07, 6.45) is 1.14. The maximum atomic E-state index is 12.5. The van der Waals surface area contributed by atoms with Gasteiger partial charge in [-0.15, -0.1) is 0 Å². The molecular formula is C16H13Cl2NO3S. The number of nitrogens with one attached hydrogen (secondary N) is 1. The summed E-state index contributed by atoms with van der Waals surface area (Å²) in [5, 5.41) is 0.734. The Balaban J connectivity index is 1.87. The zero-order chi connectivity index (χ0) is 16.7. The van der Waals surface area contributed by atoms with Crippen molar-refractivity contribution in [2.45, 2.75) is 23.2 Å². The van der Waals surface area contributed by atoms with Gasteiger partial charge in [-0.25, -0.2) is 13.1 Å². The van der Waals surface area contributed by atoms with E-state index in [1.165, 1.54) is 12.1 Å². The van der Waals surface area contributed by atoms with Crippen molar-refractivity contribution in [2.75, 3.05) is 0 Å². The molecule has 1 aliphatic carbocycles. The molecule has 1 N–H and O–H groups in total. The van der Waals surface area contributed by atoms with Crippen molar-refractivity contribution in [3.63, 3.8) is 0 Å². The van der Waals surface area contributed by atoms with Crippen LogP contribution in [0, 0.1) is 0 Å². The highest BCUT2D eigenvalue weighted by atomic mass is 35.5. The molecule has 23 heavy (non-hydrogen) atoms. The molecule has 0 heterocycles. The quantitative estimate of drug-likeness (QED) is 0.896. The Labute approximate surface area is 144 Å². The van der Waals surface area contributed by atoms with Crippen LogP contribution in [-0.2, 0) is 20.2 Å². The SMILES string of the molecule is O=C(NS(=O)(=O)c1ccccc1)C1(c2ccc(Cl)c(Cl)c2)CC1. The van der Waals surface area contributed by atoms with Crippen LogP contribution in [0.1, 0.15) is 18.4 Å². The van der Waals surface area contributed by atoms with Gasteiger partial charge in [0.2, 0.25) is 5.91 Å². The third kappa shape index (κ3) is 3.09. The molecule has 120 valence electrons. The first-order valence-electron chi connectivity index (χ1n) is 6.93. The molecule has 0 unspecified atom stereocenters. The van der Waals surface area contributed by atoms with Crippen LogP contribution >= 0.6 is 23.2 Å². The fourth-order valence-corrected chi connectivity index (χ4v) is 3.81. The second-order valence-electron chi connectivity index (χ2n) is 5.46. The average Bonchev–Trinajstić information content (AvgIpc) is 3.32. The molecule has 0 saturated heterocycles. The lowest BCUT2D eigenvalue weighted by Crippen LogP contribution is -2.38. The first-order valence-corrected chi connectivity index (χ1v) is 9.17. The number of hydrogen-bond donors (Lipinski definition) is 1. The van der Waals surface area contributed by atoms with Crippen LogP contribution in [0.4, 0.5) is 0 Å². The monoisotopic (exact) mass is 369 g/mol. The third-order valence-corrected chi connectivity index (χ3v) is 6.02. The van der Waals surface area contributed by atoms with Crippen LogP contribution in [0.25, 0.3) is 0 Å². The predicted molar refractivity (Wildman–Crippen MR) is 89.1 cm³/mol. The van der Waals surface area contributed by atoms with Crippen molar-refractivity contribution in [1.82, 2.24) is 4.72 Å². The van der Waals surface area contributed by atoms with Crippen molar-refractivity contribution < 1.29 is 13.2 Å². The summed E-state index contributed by atoms with van der Waals surface area (Å²) in [6.45, 7) is 0. The molecule has 0 atom stereocenters. The van der Waals surface area contributed by atoms with Gasteiger partial charge < -0.3 is 0 Å². The lowest BCUT2D eigenvalue weighted by molar-refractivity contribution is -0.121. The molecule has 7 heteroatoms. The number of halogens is 2. The van der Waals surface area contributed by atoms with Gasteiger partial charge in [-0.05, 0) is 42.7 Å². The number of sulfonamides is 1. The van der Waals surface area contributed by atoms with E-state index in [-0.39, 0.29) is 4.90 Å². The Kier molecular flexibility index (Phi) is 4.12. The van der Waals surface area contributed by atoms with E-state index in [4.69, 9.17) is 23.2 Å². The van der Waals surface area contributed by atoms with E-state index in [2.05, 4.69) is 4.72 Å². The number of hydrogen-bond acceptors (Lipinski definition) is 3. The number of amides is 1. The first-order chi connectivity index (χ1) is 10.8. The molecule has 4 nitrogen and oxygen atoms in total. The van der Waals surface area contributed by atoms with E-state index in [1.54, 1.807) is 36.4 Å². The summed E-state index contributed by atoms with van der Waals surface area (Å²) in [7, 11) is -3.89. The van der Waals surface area contributed by atoms with Gasteiger partial charge in [0.15, 0.2) is 0 Å². The van der Waals surface area contributed by atoms with Gasteiger partial charge >= 0.3 is 0 Å². The summed E-state index contributed by atoms with van der Waals surface area (Å²) in [5.41, 5.74) is -0.177. The molecule has 1 saturated carbocycles. The molecule has 1 aliphatic rings. The summed E-state index contributed by atoms with van der Waals surface area (Å²) < 4.78 is 26.7. The number of benzene rings is 2. The summed E-state index contributed by atoms with van der Waals surface area (Å²) in [5.74, 6) is -0.542. The Morgan fingerprint density at radius 2 is 1.65 bits per heavy atom. The standard InChI is InChI=1S/C16H13Cl2NO3S/c17-13-7-6-11(10-14(13)18)16(8-9-16)15(20)19-23(21,22)12-4-2-1-3-5-12/h1-7,10H,8-9H2,(H,19,20). The Morgan fingerprint density at radius 1 is 1.00 bits per heavy atom.